The van der Waals surface area contributed by atoms with Crippen LogP contribution in [0.25, 0.3) is 11.5 Å². The number of carbonyl (C=O) groups is 1. The minimum Gasteiger partial charge on any atom is -0.444 e. The van der Waals surface area contributed by atoms with Crippen molar-refractivity contribution in [3.8, 4) is 11.5 Å². The molecule has 0 fully saturated rings. The molecular weight excluding hydrogens is 493 g/mol. The maximum Gasteiger partial charge on any atom is 0.251 e. The average molecular weight is 519 g/mol. The number of amides is 1. The fraction of sp³-hybridized carbons (Fsp3) is 0.227. The molecule has 0 atom stereocenters. The summed E-state index contributed by atoms with van der Waals surface area (Å²) >= 11 is 0. The van der Waals surface area contributed by atoms with Gasteiger partial charge < -0.3 is 20.4 Å². The fourth-order valence-corrected chi connectivity index (χ4v) is 2.74. The third kappa shape index (κ3) is 6.58. The first-order valence-corrected chi connectivity index (χ1v) is 9.52. The first-order valence-electron chi connectivity index (χ1n) is 9.52. The van der Waals surface area contributed by atoms with Crippen molar-refractivity contribution in [1.82, 2.24) is 20.9 Å². The summed E-state index contributed by atoms with van der Waals surface area (Å²) in [5.41, 5.74) is 3.30. The summed E-state index contributed by atoms with van der Waals surface area (Å²) in [5.74, 6) is 1.15. The molecule has 2 aromatic carbocycles. The second-order valence-corrected chi connectivity index (χ2v) is 6.34. The van der Waals surface area contributed by atoms with E-state index in [9.17, 15) is 4.79 Å². The smallest absolute Gasteiger partial charge is 0.251 e. The van der Waals surface area contributed by atoms with Crippen molar-refractivity contribution < 1.29 is 9.21 Å². The van der Waals surface area contributed by atoms with Gasteiger partial charge in [-0.2, -0.15) is 0 Å². The average Bonchev–Trinajstić information content (AvgIpc) is 3.25. The van der Waals surface area contributed by atoms with Crippen molar-refractivity contribution in [2.45, 2.75) is 20.0 Å². The molecule has 7 nitrogen and oxygen atoms in total. The molecule has 0 saturated carbocycles. The van der Waals surface area contributed by atoms with Crippen LogP contribution in [0.2, 0.25) is 0 Å². The number of aromatic nitrogens is 1. The van der Waals surface area contributed by atoms with Crippen molar-refractivity contribution in [1.29, 1.82) is 0 Å². The molecule has 0 spiro atoms. The zero-order valence-corrected chi connectivity index (χ0v) is 19.3. The molecule has 0 unspecified atom stereocenters. The maximum absolute atomic E-state index is 11.8. The van der Waals surface area contributed by atoms with Crippen molar-refractivity contribution in [3.63, 3.8) is 0 Å². The summed E-state index contributed by atoms with van der Waals surface area (Å²) in [7, 11) is 1.62. The second kappa shape index (κ2) is 12.0. The lowest BCUT2D eigenvalue weighted by atomic mass is 10.1. The number of oxazole rings is 1. The Morgan fingerprint density at radius 2 is 1.90 bits per heavy atom. The minimum absolute atomic E-state index is 0. The van der Waals surface area contributed by atoms with Crippen LogP contribution >= 0.6 is 24.0 Å². The number of hydrogen-bond donors (Lipinski definition) is 3. The van der Waals surface area contributed by atoms with E-state index in [0.29, 0.717) is 30.5 Å². The Balaban J connectivity index is 0.00000320. The van der Waals surface area contributed by atoms with Crippen LogP contribution in [0, 0.1) is 0 Å². The lowest BCUT2D eigenvalue weighted by Gasteiger charge is -2.10. The molecule has 0 aliphatic carbocycles. The van der Waals surface area contributed by atoms with Gasteiger partial charge in [-0.05, 0) is 36.8 Å². The zero-order chi connectivity index (χ0) is 20.5. The summed E-state index contributed by atoms with van der Waals surface area (Å²) in [5, 5.41) is 9.10. The number of nitrogens with zero attached hydrogens (tertiary/aromatic N) is 2. The molecule has 3 N–H and O–H groups in total. The standard InChI is InChI=1S/C22H25N5O2.HI/c1-3-24-22(25-13-16-8-7-11-18(12-16)20(28)23-2)26-14-19-15-29-21(27-19)17-9-5-4-6-10-17;/h4-12,15H,3,13-14H2,1-2H3,(H,23,28)(H2,24,25,26);1H. The third-order valence-corrected chi connectivity index (χ3v) is 4.19. The van der Waals surface area contributed by atoms with Crippen molar-refractivity contribution in [2.24, 2.45) is 4.99 Å². The van der Waals surface area contributed by atoms with E-state index in [0.717, 1.165) is 23.4 Å². The second-order valence-electron chi connectivity index (χ2n) is 6.34. The van der Waals surface area contributed by atoms with Crippen LogP contribution in [-0.4, -0.2) is 30.4 Å². The van der Waals surface area contributed by atoms with E-state index in [4.69, 9.17) is 4.42 Å². The molecule has 1 heterocycles. The number of aliphatic imine (C=N–C) groups is 1. The van der Waals surface area contributed by atoms with E-state index in [-0.39, 0.29) is 29.9 Å². The van der Waals surface area contributed by atoms with Crippen LogP contribution in [0.5, 0.6) is 0 Å². The number of nitrogens with one attached hydrogen (secondary N) is 3. The number of benzene rings is 2. The van der Waals surface area contributed by atoms with Crippen LogP contribution in [0.3, 0.4) is 0 Å². The number of rotatable bonds is 7. The predicted octanol–water partition coefficient (Wildman–Crippen LogP) is 3.57. The minimum atomic E-state index is -0.110. The summed E-state index contributed by atoms with van der Waals surface area (Å²) in [4.78, 5) is 20.9. The number of carbonyl (C=O) groups excluding carboxylic acids is 1. The highest BCUT2D eigenvalue weighted by Crippen LogP contribution is 2.17. The van der Waals surface area contributed by atoms with Gasteiger partial charge in [-0.25, -0.2) is 9.98 Å². The van der Waals surface area contributed by atoms with Gasteiger partial charge in [0.25, 0.3) is 5.91 Å². The Labute approximate surface area is 193 Å². The van der Waals surface area contributed by atoms with E-state index in [1.54, 1.807) is 19.4 Å². The van der Waals surface area contributed by atoms with Gasteiger partial charge in [0.1, 0.15) is 6.26 Å². The maximum atomic E-state index is 11.8. The van der Waals surface area contributed by atoms with Crippen molar-refractivity contribution in [2.75, 3.05) is 13.6 Å². The van der Waals surface area contributed by atoms with Crippen LogP contribution in [0.1, 0.15) is 28.5 Å². The highest BCUT2D eigenvalue weighted by molar-refractivity contribution is 14.0. The van der Waals surface area contributed by atoms with Gasteiger partial charge in [0.05, 0.1) is 18.8 Å². The summed E-state index contributed by atoms with van der Waals surface area (Å²) in [6.07, 6.45) is 1.64. The van der Waals surface area contributed by atoms with E-state index >= 15 is 0 Å². The number of hydrogen-bond acceptors (Lipinski definition) is 4. The summed E-state index contributed by atoms with van der Waals surface area (Å²) in [6.45, 7) is 3.68. The molecule has 0 aliphatic heterocycles. The molecular formula is C22H26IN5O2. The first-order chi connectivity index (χ1) is 14.2. The molecule has 0 bridgehead atoms. The fourth-order valence-electron chi connectivity index (χ4n) is 2.74. The van der Waals surface area contributed by atoms with E-state index in [2.05, 4.69) is 25.9 Å². The van der Waals surface area contributed by atoms with Crippen LogP contribution in [-0.2, 0) is 13.1 Å². The van der Waals surface area contributed by atoms with Gasteiger partial charge in [0.2, 0.25) is 5.89 Å². The van der Waals surface area contributed by atoms with E-state index < -0.39 is 0 Å². The lowest BCUT2D eigenvalue weighted by Crippen LogP contribution is -2.36. The van der Waals surface area contributed by atoms with Crippen LogP contribution in [0.15, 0.2) is 70.3 Å². The summed E-state index contributed by atoms with van der Waals surface area (Å²) in [6, 6.07) is 17.2. The number of guanidine groups is 1. The Kier molecular flexibility index (Phi) is 9.33. The molecule has 3 aromatic rings. The van der Waals surface area contributed by atoms with Gasteiger partial charge in [-0.1, -0.05) is 30.3 Å². The van der Waals surface area contributed by atoms with Gasteiger partial charge in [0, 0.05) is 24.7 Å². The molecule has 3 rings (SSSR count). The van der Waals surface area contributed by atoms with Crippen molar-refractivity contribution in [3.05, 3.63) is 77.7 Å². The number of halogens is 1. The SMILES string of the molecule is CCNC(=NCc1cccc(C(=O)NC)c1)NCc1coc(-c2ccccc2)n1.I. The molecule has 0 aliphatic rings. The summed E-state index contributed by atoms with van der Waals surface area (Å²) < 4.78 is 5.57. The lowest BCUT2D eigenvalue weighted by molar-refractivity contribution is 0.0963. The largest absolute Gasteiger partial charge is 0.444 e. The molecule has 1 aromatic heterocycles. The quantitative estimate of drug-likeness (QED) is 0.252. The normalized spacial score (nSPS) is 10.8. The molecule has 158 valence electrons. The Morgan fingerprint density at radius 3 is 2.63 bits per heavy atom. The highest BCUT2D eigenvalue weighted by atomic mass is 127. The van der Waals surface area contributed by atoms with Crippen molar-refractivity contribution >= 4 is 35.8 Å². The zero-order valence-electron chi connectivity index (χ0n) is 17.0. The van der Waals surface area contributed by atoms with Gasteiger partial charge in [0.15, 0.2) is 5.96 Å². The molecule has 30 heavy (non-hydrogen) atoms. The molecule has 0 radical (unpaired) electrons. The topological polar surface area (TPSA) is 91.5 Å². The predicted molar refractivity (Wildman–Crippen MR) is 129 cm³/mol. The van der Waals surface area contributed by atoms with Crippen LogP contribution < -0.4 is 16.0 Å². The molecule has 8 heteroatoms. The van der Waals surface area contributed by atoms with Gasteiger partial charge >= 0.3 is 0 Å². The highest BCUT2D eigenvalue weighted by Gasteiger charge is 2.07. The Bertz CT molecular complexity index is 972. The molecule has 1 amide bonds. The third-order valence-electron chi connectivity index (χ3n) is 4.19. The Morgan fingerprint density at radius 1 is 1.10 bits per heavy atom. The van der Waals surface area contributed by atoms with E-state index in [1.165, 1.54) is 0 Å². The molecule has 0 saturated heterocycles. The Hall–Kier alpha value is -2.88. The van der Waals surface area contributed by atoms with Crippen LogP contribution in [0.4, 0.5) is 0 Å². The monoisotopic (exact) mass is 519 g/mol. The van der Waals surface area contributed by atoms with Gasteiger partial charge in [-0.15, -0.1) is 24.0 Å². The van der Waals surface area contributed by atoms with E-state index in [1.807, 2.05) is 55.5 Å². The van der Waals surface area contributed by atoms with Gasteiger partial charge in [-0.3, -0.25) is 4.79 Å². The first kappa shape index (κ1) is 23.4.